The molecule has 1 amide bonds. The predicted molar refractivity (Wildman–Crippen MR) is 112 cm³/mol. The van der Waals surface area contributed by atoms with Crippen LogP contribution in [0.5, 0.6) is 11.5 Å². The van der Waals surface area contributed by atoms with Crippen LogP contribution in [0.2, 0.25) is 5.02 Å². The summed E-state index contributed by atoms with van der Waals surface area (Å²) in [6.45, 7) is 1.51. The van der Waals surface area contributed by atoms with Crippen LogP contribution in [0.1, 0.15) is 23.8 Å². The van der Waals surface area contributed by atoms with Crippen molar-refractivity contribution in [3.8, 4) is 11.5 Å². The molecular weight excluding hydrogens is 396 g/mol. The summed E-state index contributed by atoms with van der Waals surface area (Å²) in [6.07, 6.45) is 1.84. The lowest BCUT2D eigenvalue weighted by molar-refractivity contribution is -0.134. The average Bonchev–Trinajstić information content (AvgIpc) is 3.15. The molecule has 0 spiro atoms. The number of carbonyl (C=O) groups excluding carboxylic acids is 1. The number of methoxy groups -OCH3 is 1. The van der Waals surface area contributed by atoms with Gasteiger partial charge < -0.3 is 14.4 Å². The molecule has 2 aromatic carbocycles. The lowest BCUT2D eigenvalue weighted by Crippen LogP contribution is -2.40. The maximum Gasteiger partial charge on any atom is 0.260 e. The van der Waals surface area contributed by atoms with Crippen LogP contribution in [0.4, 0.5) is 0 Å². The zero-order valence-electron chi connectivity index (χ0n) is 15.6. The predicted octanol–water partition coefficient (Wildman–Crippen LogP) is 4.74. The van der Waals surface area contributed by atoms with Gasteiger partial charge in [0.1, 0.15) is 11.5 Å². The van der Waals surface area contributed by atoms with Crippen LogP contribution >= 0.6 is 22.9 Å². The molecule has 1 saturated heterocycles. The molecule has 1 fully saturated rings. The molecular formula is C21H21ClN2O3S. The van der Waals surface area contributed by atoms with Crippen molar-refractivity contribution in [1.29, 1.82) is 0 Å². The third kappa shape index (κ3) is 4.23. The summed E-state index contributed by atoms with van der Waals surface area (Å²) in [5.74, 6) is 1.84. The molecule has 0 atom stereocenters. The zero-order chi connectivity index (χ0) is 19.5. The number of ether oxygens (including phenoxy) is 2. The van der Waals surface area contributed by atoms with Gasteiger partial charge in [0.2, 0.25) is 0 Å². The van der Waals surface area contributed by atoms with Crippen LogP contribution < -0.4 is 9.47 Å². The lowest BCUT2D eigenvalue weighted by Gasteiger charge is -2.31. The second-order valence-electron chi connectivity index (χ2n) is 6.78. The van der Waals surface area contributed by atoms with Crippen molar-refractivity contribution in [2.75, 3.05) is 26.8 Å². The summed E-state index contributed by atoms with van der Waals surface area (Å²) in [5, 5.41) is 1.85. The SMILES string of the molecule is COc1ccc(OCC(=O)N2CCC(c3nc4cc(Cl)ccc4s3)CC2)cc1. The molecule has 1 aromatic heterocycles. The molecule has 4 rings (SSSR count). The summed E-state index contributed by atoms with van der Waals surface area (Å²) in [7, 11) is 1.62. The van der Waals surface area contributed by atoms with Gasteiger partial charge in [-0.15, -0.1) is 11.3 Å². The van der Waals surface area contributed by atoms with Gasteiger partial charge >= 0.3 is 0 Å². The number of rotatable bonds is 5. The van der Waals surface area contributed by atoms with Crippen molar-refractivity contribution in [2.45, 2.75) is 18.8 Å². The monoisotopic (exact) mass is 416 g/mol. The van der Waals surface area contributed by atoms with Gasteiger partial charge in [-0.3, -0.25) is 4.79 Å². The molecule has 0 radical (unpaired) electrons. The number of thiazole rings is 1. The fourth-order valence-electron chi connectivity index (χ4n) is 3.38. The van der Waals surface area contributed by atoms with Crippen molar-refractivity contribution in [2.24, 2.45) is 0 Å². The van der Waals surface area contributed by atoms with Gasteiger partial charge in [0.05, 0.1) is 22.3 Å². The zero-order valence-corrected chi connectivity index (χ0v) is 17.1. The van der Waals surface area contributed by atoms with Crippen LogP contribution in [-0.2, 0) is 4.79 Å². The van der Waals surface area contributed by atoms with Crippen molar-refractivity contribution in [3.63, 3.8) is 0 Å². The quantitative estimate of drug-likeness (QED) is 0.602. The van der Waals surface area contributed by atoms with Gasteiger partial charge in [0, 0.05) is 24.0 Å². The van der Waals surface area contributed by atoms with E-state index in [1.54, 1.807) is 30.6 Å². The molecule has 1 aliphatic heterocycles. The Labute approximate surface area is 172 Å². The molecule has 3 aromatic rings. The van der Waals surface area contributed by atoms with Gasteiger partial charge in [-0.2, -0.15) is 0 Å². The fourth-order valence-corrected chi connectivity index (χ4v) is 4.66. The number of amides is 1. The second kappa shape index (κ2) is 8.37. The fraction of sp³-hybridized carbons (Fsp3) is 0.333. The highest BCUT2D eigenvalue weighted by molar-refractivity contribution is 7.18. The Morgan fingerprint density at radius 2 is 1.89 bits per heavy atom. The van der Waals surface area contributed by atoms with E-state index in [0.717, 1.165) is 46.9 Å². The Hall–Kier alpha value is -2.31. The van der Waals surface area contributed by atoms with Crippen LogP contribution in [0.25, 0.3) is 10.2 Å². The number of piperidine rings is 1. The standard InChI is InChI=1S/C21H21ClN2O3S/c1-26-16-3-5-17(6-4-16)27-13-20(25)24-10-8-14(9-11-24)21-23-18-12-15(22)2-7-19(18)28-21/h2-7,12,14H,8-11,13H2,1H3. The third-order valence-electron chi connectivity index (χ3n) is 4.98. The highest BCUT2D eigenvalue weighted by atomic mass is 35.5. The molecule has 0 aliphatic carbocycles. The minimum atomic E-state index is 0.0188. The molecule has 7 heteroatoms. The van der Waals surface area contributed by atoms with Crippen molar-refractivity contribution < 1.29 is 14.3 Å². The Balaban J connectivity index is 1.30. The number of fused-ring (bicyclic) bond motifs is 1. The maximum atomic E-state index is 12.5. The summed E-state index contributed by atoms with van der Waals surface area (Å²) < 4.78 is 11.9. The number of nitrogens with zero attached hydrogens (tertiary/aromatic N) is 2. The highest BCUT2D eigenvalue weighted by Crippen LogP contribution is 2.34. The smallest absolute Gasteiger partial charge is 0.260 e. The van der Waals surface area contributed by atoms with E-state index in [1.165, 1.54) is 0 Å². The van der Waals surface area contributed by atoms with E-state index in [0.29, 0.717) is 16.7 Å². The van der Waals surface area contributed by atoms with E-state index in [2.05, 4.69) is 0 Å². The maximum absolute atomic E-state index is 12.5. The summed E-state index contributed by atoms with van der Waals surface area (Å²) in [4.78, 5) is 19.1. The van der Waals surface area contributed by atoms with E-state index >= 15 is 0 Å². The number of benzene rings is 2. The molecule has 5 nitrogen and oxygen atoms in total. The Kier molecular flexibility index (Phi) is 5.69. The van der Waals surface area contributed by atoms with Crippen LogP contribution in [0.15, 0.2) is 42.5 Å². The minimum absolute atomic E-state index is 0.0188. The van der Waals surface area contributed by atoms with E-state index in [9.17, 15) is 4.79 Å². The molecule has 28 heavy (non-hydrogen) atoms. The van der Waals surface area contributed by atoms with Crippen LogP contribution in [0, 0.1) is 0 Å². The van der Waals surface area contributed by atoms with E-state index in [4.69, 9.17) is 26.1 Å². The topological polar surface area (TPSA) is 51.7 Å². The number of hydrogen-bond donors (Lipinski definition) is 0. The van der Waals surface area contributed by atoms with Gasteiger partial charge in [-0.25, -0.2) is 4.98 Å². The molecule has 146 valence electrons. The molecule has 1 aliphatic rings. The molecule has 2 heterocycles. The average molecular weight is 417 g/mol. The number of hydrogen-bond acceptors (Lipinski definition) is 5. The lowest BCUT2D eigenvalue weighted by atomic mass is 9.97. The van der Waals surface area contributed by atoms with Gasteiger partial charge in [0.25, 0.3) is 5.91 Å². The largest absolute Gasteiger partial charge is 0.497 e. The first-order chi connectivity index (χ1) is 13.6. The van der Waals surface area contributed by atoms with Gasteiger partial charge in [-0.1, -0.05) is 11.6 Å². The highest BCUT2D eigenvalue weighted by Gasteiger charge is 2.26. The van der Waals surface area contributed by atoms with Crippen molar-refractivity contribution in [1.82, 2.24) is 9.88 Å². The Bertz CT molecular complexity index is 965. The van der Waals surface area contributed by atoms with Gasteiger partial charge in [0.15, 0.2) is 6.61 Å². The number of carbonyl (C=O) groups is 1. The van der Waals surface area contributed by atoms with Crippen molar-refractivity contribution >= 4 is 39.1 Å². The van der Waals surface area contributed by atoms with Crippen LogP contribution in [-0.4, -0.2) is 42.6 Å². The van der Waals surface area contributed by atoms with Crippen LogP contribution in [0.3, 0.4) is 0 Å². The number of halogens is 1. The Morgan fingerprint density at radius 1 is 1.18 bits per heavy atom. The molecule has 0 N–H and O–H groups in total. The van der Waals surface area contributed by atoms with E-state index in [-0.39, 0.29) is 12.5 Å². The van der Waals surface area contributed by atoms with E-state index < -0.39 is 0 Å². The first-order valence-corrected chi connectivity index (χ1v) is 10.4. The van der Waals surface area contributed by atoms with Crippen molar-refractivity contribution in [3.05, 3.63) is 52.5 Å². The molecule has 0 saturated carbocycles. The number of aromatic nitrogens is 1. The normalized spacial score (nSPS) is 15.0. The minimum Gasteiger partial charge on any atom is -0.497 e. The second-order valence-corrected chi connectivity index (χ2v) is 8.28. The third-order valence-corrected chi connectivity index (χ3v) is 6.42. The summed E-state index contributed by atoms with van der Waals surface area (Å²) in [5.41, 5.74) is 0.957. The Morgan fingerprint density at radius 3 is 2.61 bits per heavy atom. The number of likely N-dealkylation sites (tertiary alicyclic amines) is 1. The first-order valence-electron chi connectivity index (χ1n) is 9.23. The summed E-state index contributed by atoms with van der Waals surface area (Å²) in [6, 6.07) is 13.1. The molecule has 0 unspecified atom stereocenters. The molecule has 0 bridgehead atoms. The first kappa shape index (κ1) is 19.0. The summed E-state index contributed by atoms with van der Waals surface area (Å²) >= 11 is 7.78. The van der Waals surface area contributed by atoms with Gasteiger partial charge in [-0.05, 0) is 55.3 Å². The van der Waals surface area contributed by atoms with E-state index in [1.807, 2.05) is 35.2 Å².